The van der Waals surface area contributed by atoms with Crippen LogP contribution in [0.2, 0.25) is 0 Å². The van der Waals surface area contributed by atoms with E-state index < -0.39 is 17.2 Å². The summed E-state index contributed by atoms with van der Waals surface area (Å²) in [6.45, 7) is 1.93. The van der Waals surface area contributed by atoms with E-state index in [1.54, 1.807) is 43.5 Å². The van der Waals surface area contributed by atoms with Gasteiger partial charge in [-0.2, -0.15) is 0 Å². The van der Waals surface area contributed by atoms with Crippen LogP contribution in [0, 0.1) is 6.92 Å². The van der Waals surface area contributed by atoms with Crippen molar-refractivity contribution in [1.29, 1.82) is 0 Å². The molecule has 0 bridgehead atoms. The summed E-state index contributed by atoms with van der Waals surface area (Å²) in [6.07, 6.45) is 2.88. The van der Waals surface area contributed by atoms with Gasteiger partial charge in [0.05, 0.1) is 20.6 Å². The molecule has 2 unspecified atom stereocenters. The van der Waals surface area contributed by atoms with Crippen LogP contribution in [-0.4, -0.2) is 38.1 Å². The van der Waals surface area contributed by atoms with Crippen LogP contribution >= 0.6 is 0 Å². The first kappa shape index (κ1) is 26.1. The zero-order valence-electron chi connectivity index (χ0n) is 21.8. The summed E-state index contributed by atoms with van der Waals surface area (Å²) in [5, 5.41) is 12.2. The summed E-state index contributed by atoms with van der Waals surface area (Å²) in [4.78, 5) is 24.8. The molecule has 3 aromatic rings. The summed E-state index contributed by atoms with van der Waals surface area (Å²) < 4.78 is 27.3. The first-order valence-electron chi connectivity index (χ1n) is 12.3. The molecule has 8 nitrogen and oxygen atoms in total. The van der Waals surface area contributed by atoms with Crippen LogP contribution in [-0.2, 0) is 46.2 Å². The van der Waals surface area contributed by atoms with E-state index in [2.05, 4.69) is 0 Å². The molecule has 0 spiro atoms. The minimum Gasteiger partial charge on any atom is -0.497 e. The summed E-state index contributed by atoms with van der Waals surface area (Å²) >= 11 is 0. The maximum absolute atomic E-state index is 12.9. The van der Waals surface area contributed by atoms with Crippen molar-refractivity contribution < 1.29 is 38.4 Å². The standard InChI is InChI=1S/C31H28O8/c1-20-4-8-22(9-5-20)30(27-18-37-19-38-27,23-10-6-21(7-11-23)16-28(32)36-3)26-17-29(33)39-31(26,34)24-12-14-25(35-2)15-13-24/h4-15,17-18,34H,16,19H2,1-3H3. The largest absolute Gasteiger partial charge is 0.497 e. The predicted molar refractivity (Wildman–Crippen MR) is 140 cm³/mol. The number of benzene rings is 3. The van der Waals surface area contributed by atoms with E-state index in [1.807, 2.05) is 43.3 Å². The van der Waals surface area contributed by atoms with Gasteiger partial charge in [-0.1, -0.05) is 54.1 Å². The third-order valence-electron chi connectivity index (χ3n) is 7.05. The van der Waals surface area contributed by atoms with Gasteiger partial charge < -0.3 is 28.8 Å². The van der Waals surface area contributed by atoms with Crippen LogP contribution in [0.1, 0.15) is 27.8 Å². The lowest BCUT2D eigenvalue weighted by Crippen LogP contribution is -2.43. The maximum atomic E-state index is 12.9. The van der Waals surface area contributed by atoms with Gasteiger partial charge in [0.25, 0.3) is 5.79 Å². The van der Waals surface area contributed by atoms with Crippen molar-refractivity contribution >= 4 is 11.9 Å². The highest BCUT2D eigenvalue weighted by Gasteiger charge is 2.58. The van der Waals surface area contributed by atoms with Crippen LogP contribution in [0.3, 0.4) is 0 Å². The van der Waals surface area contributed by atoms with Gasteiger partial charge in [0.15, 0.2) is 5.76 Å². The molecule has 0 aliphatic carbocycles. The van der Waals surface area contributed by atoms with Gasteiger partial charge in [0.1, 0.15) is 17.4 Å². The van der Waals surface area contributed by atoms with Gasteiger partial charge in [-0.05, 0) is 47.9 Å². The van der Waals surface area contributed by atoms with E-state index in [-0.39, 0.29) is 24.8 Å². The van der Waals surface area contributed by atoms with Gasteiger partial charge in [0, 0.05) is 17.2 Å². The van der Waals surface area contributed by atoms with Gasteiger partial charge in [-0.15, -0.1) is 0 Å². The highest BCUT2D eigenvalue weighted by Crippen LogP contribution is 2.55. The number of cyclic esters (lactones) is 1. The summed E-state index contributed by atoms with van der Waals surface area (Å²) in [6, 6.07) is 21.6. The number of aliphatic hydroxyl groups is 1. The Labute approximate surface area is 226 Å². The number of rotatable bonds is 8. The van der Waals surface area contributed by atoms with Gasteiger partial charge in [-0.3, -0.25) is 4.79 Å². The van der Waals surface area contributed by atoms with Crippen molar-refractivity contribution in [2.24, 2.45) is 0 Å². The third kappa shape index (κ3) is 4.53. The Bertz CT molecular complexity index is 1440. The van der Waals surface area contributed by atoms with Crippen molar-refractivity contribution in [3.8, 4) is 5.75 Å². The fraction of sp³-hybridized carbons (Fsp3) is 0.226. The Morgan fingerprint density at radius 1 is 0.974 bits per heavy atom. The number of ether oxygens (including phenoxy) is 5. The minimum absolute atomic E-state index is 0.0353. The summed E-state index contributed by atoms with van der Waals surface area (Å²) in [5.41, 5.74) is 2.35. The van der Waals surface area contributed by atoms with Crippen LogP contribution < -0.4 is 4.74 Å². The van der Waals surface area contributed by atoms with E-state index in [1.165, 1.54) is 19.4 Å². The Balaban J connectivity index is 1.77. The van der Waals surface area contributed by atoms with Crippen LogP contribution in [0.5, 0.6) is 5.75 Å². The summed E-state index contributed by atoms with van der Waals surface area (Å²) in [7, 11) is 2.88. The van der Waals surface area contributed by atoms with E-state index in [4.69, 9.17) is 23.7 Å². The van der Waals surface area contributed by atoms with Crippen molar-refractivity contribution in [3.05, 3.63) is 124 Å². The first-order chi connectivity index (χ1) is 18.8. The molecule has 3 aromatic carbocycles. The molecule has 2 aliphatic heterocycles. The van der Waals surface area contributed by atoms with Crippen molar-refractivity contribution in [2.75, 3.05) is 21.0 Å². The minimum atomic E-state index is -2.15. The lowest BCUT2D eigenvalue weighted by Gasteiger charge is -2.41. The molecular weight excluding hydrogens is 500 g/mol. The number of carbonyl (C=O) groups is 2. The Morgan fingerprint density at radius 2 is 1.62 bits per heavy atom. The highest BCUT2D eigenvalue weighted by atomic mass is 16.7. The molecule has 2 aliphatic rings. The Morgan fingerprint density at radius 3 is 2.18 bits per heavy atom. The molecule has 0 saturated carbocycles. The molecule has 0 amide bonds. The molecule has 0 saturated heterocycles. The molecule has 5 rings (SSSR count). The van der Waals surface area contributed by atoms with Crippen molar-refractivity contribution in [2.45, 2.75) is 24.5 Å². The van der Waals surface area contributed by atoms with Gasteiger partial charge in [-0.25, -0.2) is 4.79 Å². The van der Waals surface area contributed by atoms with Gasteiger partial charge >= 0.3 is 11.9 Å². The number of methoxy groups -OCH3 is 2. The third-order valence-corrected chi connectivity index (χ3v) is 7.05. The smallest absolute Gasteiger partial charge is 0.334 e. The van der Waals surface area contributed by atoms with Crippen LogP contribution in [0.4, 0.5) is 0 Å². The highest BCUT2D eigenvalue weighted by molar-refractivity contribution is 5.88. The predicted octanol–water partition coefficient (Wildman–Crippen LogP) is 4.18. The van der Waals surface area contributed by atoms with Crippen LogP contribution in [0.15, 0.2) is 96.5 Å². The zero-order valence-corrected chi connectivity index (χ0v) is 21.8. The van der Waals surface area contributed by atoms with E-state index in [9.17, 15) is 14.7 Å². The normalized spacial score (nSPS) is 19.6. The zero-order chi connectivity index (χ0) is 27.6. The molecule has 0 aromatic heterocycles. The van der Waals surface area contributed by atoms with Crippen LogP contribution in [0.25, 0.3) is 0 Å². The van der Waals surface area contributed by atoms with Crippen molar-refractivity contribution in [1.82, 2.24) is 0 Å². The SMILES string of the molecule is COC(=O)Cc1ccc(C(C2=COCO2)(C2=CC(=O)OC2(O)c2ccc(OC)cc2)c2ccc(C)cc2)cc1. The molecule has 39 heavy (non-hydrogen) atoms. The number of hydrogen-bond acceptors (Lipinski definition) is 8. The fourth-order valence-corrected chi connectivity index (χ4v) is 5.09. The average molecular weight is 529 g/mol. The monoisotopic (exact) mass is 528 g/mol. The average Bonchev–Trinajstić information content (AvgIpc) is 3.60. The number of carbonyl (C=O) groups excluding carboxylic acids is 2. The second-order valence-corrected chi connectivity index (χ2v) is 9.33. The van der Waals surface area contributed by atoms with E-state index >= 15 is 0 Å². The molecular formula is C31H28O8. The molecule has 0 radical (unpaired) electrons. The second-order valence-electron chi connectivity index (χ2n) is 9.33. The lowest BCUT2D eigenvalue weighted by atomic mass is 9.64. The Kier molecular flexibility index (Phi) is 6.89. The molecule has 2 heterocycles. The number of hydrogen-bond donors (Lipinski definition) is 1. The number of aryl methyl sites for hydroxylation is 1. The Hall–Kier alpha value is -4.56. The van der Waals surface area contributed by atoms with E-state index in [0.29, 0.717) is 28.2 Å². The number of esters is 2. The first-order valence-corrected chi connectivity index (χ1v) is 12.3. The molecule has 2 atom stereocenters. The summed E-state index contributed by atoms with van der Waals surface area (Å²) in [5.74, 6) is -2.27. The molecule has 0 fully saturated rings. The molecule has 200 valence electrons. The van der Waals surface area contributed by atoms with Gasteiger partial charge in [0.2, 0.25) is 6.79 Å². The quantitative estimate of drug-likeness (QED) is 0.435. The number of allylic oxidation sites excluding steroid dienone is 1. The van der Waals surface area contributed by atoms with Crippen molar-refractivity contribution in [3.63, 3.8) is 0 Å². The second kappa shape index (κ2) is 10.3. The van der Waals surface area contributed by atoms with E-state index in [0.717, 1.165) is 11.1 Å². The molecule has 1 N–H and O–H groups in total. The fourth-order valence-electron chi connectivity index (χ4n) is 5.09. The topological polar surface area (TPSA) is 101 Å². The molecule has 8 heteroatoms. The maximum Gasteiger partial charge on any atom is 0.334 e. The lowest BCUT2D eigenvalue weighted by molar-refractivity contribution is -0.187.